The van der Waals surface area contributed by atoms with Crippen molar-refractivity contribution < 1.29 is 4.74 Å². The fourth-order valence-corrected chi connectivity index (χ4v) is 2.00. The van der Waals surface area contributed by atoms with Gasteiger partial charge in [0.05, 0.1) is 6.10 Å². The Hall–Kier alpha value is -1.63. The minimum Gasteiger partial charge on any atom is -0.460 e. The summed E-state index contributed by atoms with van der Waals surface area (Å²) >= 11 is 0. The van der Waals surface area contributed by atoms with Gasteiger partial charge >= 0.3 is 6.01 Å². The van der Waals surface area contributed by atoms with Crippen molar-refractivity contribution in [1.29, 1.82) is 0 Å². The average Bonchev–Trinajstić information content (AvgIpc) is 2.38. The standard InChI is InChI=1S/C13H26N6O/c1-6-19(7-2)12-15-11(18-14)16-13(17-12)20-10(5)8-9(3)4/h9-10H,6-8,14H2,1-5H3,(H,15,16,17,18). The van der Waals surface area contributed by atoms with E-state index in [0.29, 0.717) is 23.8 Å². The number of hydrogen-bond donors (Lipinski definition) is 2. The van der Waals surface area contributed by atoms with Crippen molar-refractivity contribution in [3.63, 3.8) is 0 Å². The van der Waals surface area contributed by atoms with Gasteiger partial charge in [0.25, 0.3) is 0 Å². The minimum atomic E-state index is 0.0487. The third-order valence-electron chi connectivity index (χ3n) is 2.89. The van der Waals surface area contributed by atoms with Crippen LogP contribution >= 0.6 is 0 Å². The number of nitrogens with one attached hydrogen (secondary N) is 1. The maximum atomic E-state index is 5.76. The first-order valence-electron chi connectivity index (χ1n) is 7.14. The summed E-state index contributed by atoms with van der Waals surface area (Å²) in [5.41, 5.74) is 2.46. The molecule has 0 amide bonds. The molecule has 7 nitrogen and oxygen atoms in total. The first kappa shape index (κ1) is 16.4. The minimum absolute atomic E-state index is 0.0487. The van der Waals surface area contributed by atoms with E-state index in [1.807, 2.05) is 25.7 Å². The summed E-state index contributed by atoms with van der Waals surface area (Å²) in [5, 5.41) is 0. The van der Waals surface area contributed by atoms with Crippen LogP contribution in [-0.4, -0.2) is 34.1 Å². The van der Waals surface area contributed by atoms with Gasteiger partial charge in [-0.1, -0.05) is 13.8 Å². The van der Waals surface area contributed by atoms with Crippen molar-refractivity contribution in [3.05, 3.63) is 0 Å². The molecular weight excluding hydrogens is 256 g/mol. The molecule has 1 unspecified atom stereocenters. The smallest absolute Gasteiger partial charge is 0.323 e. The highest BCUT2D eigenvalue weighted by Crippen LogP contribution is 2.17. The molecule has 0 aliphatic carbocycles. The van der Waals surface area contributed by atoms with Gasteiger partial charge in [0.15, 0.2) is 0 Å². The maximum absolute atomic E-state index is 5.76. The summed E-state index contributed by atoms with van der Waals surface area (Å²) in [6.45, 7) is 12.0. The van der Waals surface area contributed by atoms with Crippen LogP contribution in [0.5, 0.6) is 6.01 Å². The molecule has 0 spiro atoms. The normalized spacial score (nSPS) is 12.3. The summed E-state index contributed by atoms with van der Waals surface area (Å²) in [5.74, 6) is 6.85. The van der Waals surface area contributed by atoms with Gasteiger partial charge in [0.1, 0.15) is 0 Å². The Morgan fingerprint density at radius 1 is 1.15 bits per heavy atom. The lowest BCUT2D eigenvalue weighted by Crippen LogP contribution is -2.26. The third-order valence-corrected chi connectivity index (χ3v) is 2.89. The number of aromatic nitrogens is 3. The van der Waals surface area contributed by atoms with E-state index in [0.717, 1.165) is 19.5 Å². The molecule has 3 N–H and O–H groups in total. The summed E-state index contributed by atoms with van der Waals surface area (Å²) < 4.78 is 5.76. The predicted octanol–water partition coefficient (Wildman–Crippen LogP) is 1.82. The van der Waals surface area contributed by atoms with Crippen LogP contribution in [0.1, 0.15) is 41.0 Å². The van der Waals surface area contributed by atoms with Crippen molar-refractivity contribution in [2.45, 2.75) is 47.1 Å². The molecule has 0 radical (unpaired) electrons. The SMILES string of the molecule is CCN(CC)c1nc(NN)nc(OC(C)CC(C)C)n1. The Bertz CT molecular complexity index is 408. The highest BCUT2D eigenvalue weighted by atomic mass is 16.5. The quantitative estimate of drug-likeness (QED) is 0.555. The Kier molecular flexibility index (Phi) is 6.44. The molecule has 0 saturated heterocycles. The van der Waals surface area contributed by atoms with E-state index in [2.05, 4.69) is 34.2 Å². The highest BCUT2D eigenvalue weighted by molar-refractivity contribution is 5.37. The first-order valence-corrected chi connectivity index (χ1v) is 7.14. The fourth-order valence-electron chi connectivity index (χ4n) is 2.00. The monoisotopic (exact) mass is 282 g/mol. The molecule has 0 bridgehead atoms. The Labute approximate surface area is 120 Å². The van der Waals surface area contributed by atoms with Gasteiger partial charge in [-0.25, -0.2) is 5.84 Å². The van der Waals surface area contributed by atoms with Gasteiger partial charge in [-0.2, -0.15) is 15.0 Å². The van der Waals surface area contributed by atoms with Gasteiger partial charge in [0, 0.05) is 13.1 Å². The van der Waals surface area contributed by atoms with Crippen molar-refractivity contribution in [2.24, 2.45) is 11.8 Å². The Balaban J connectivity index is 2.92. The van der Waals surface area contributed by atoms with Crippen molar-refractivity contribution in [3.8, 4) is 6.01 Å². The predicted molar refractivity (Wildman–Crippen MR) is 80.7 cm³/mol. The van der Waals surface area contributed by atoms with E-state index >= 15 is 0 Å². The molecule has 1 aromatic rings. The molecule has 114 valence electrons. The zero-order valence-corrected chi connectivity index (χ0v) is 13.1. The van der Waals surface area contributed by atoms with Crippen LogP contribution in [0.15, 0.2) is 0 Å². The topological polar surface area (TPSA) is 89.2 Å². The molecule has 0 aromatic carbocycles. The van der Waals surface area contributed by atoms with E-state index in [-0.39, 0.29) is 6.10 Å². The zero-order chi connectivity index (χ0) is 15.1. The van der Waals surface area contributed by atoms with Gasteiger partial charge < -0.3 is 9.64 Å². The average molecular weight is 282 g/mol. The van der Waals surface area contributed by atoms with Crippen LogP contribution in [0.4, 0.5) is 11.9 Å². The van der Waals surface area contributed by atoms with Crippen LogP contribution in [0.3, 0.4) is 0 Å². The summed E-state index contributed by atoms with van der Waals surface area (Å²) in [7, 11) is 0. The van der Waals surface area contributed by atoms with E-state index in [4.69, 9.17) is 10.6 Å². The van der Waals surface area contributed by atoms with Crippen LogP contribution < -0.4 is 20.9 Å². The second kappa shape index (κ2) is 7.84. The molecule has 1 aromatic heterocycles. The molecular formula is C13H26N6O. The van der Waals surface area contributed by atoms with E-state index in [1.54, 1.807) is 0 Å². The van der Waals surface area contributed by atoms with Crippen molar-refractivity contribution in [1.82, 2.24) is 15.0 Å². The van der Waals surface area contributed by atoms with Crippen LogP contribution in [0, 0.1) is 5.92 Å². The number of nitrogens with zero attached hydrogens (tertiary/aromatic N) is 4. The van der Waals surface area contributed by atoms with Crippen molar-refractivity contribution in [2.75, 3.05) is 23.4 Å². The number of anilines is 2. The van der Waals surface area contributed by atoms with E-state index in [1.165, 1.54) is 0 Å². The van der Waals surface area contributed by atoms with E-state index < -0.39 is 0 Å². The lowest BCUT2D eigenvalue weighted by molar-refractivity contribution is 0.177. The van der Waals surface area contributed by atoms with Crippen LogP contribution in [0.25, 0.3) is 0 Å². The second-order valence-electron chi connectivity index (χ2n) is 5.12. The van der Waals surface area contributed by atoms with Gasteiger partial charge in [-0.05, 0) is 33.1 Å². The summed E-state index contributed by atoms with van der Waals surface area (Å²) in [6.07, 6.45) is 0.991. The molecule has 1 atom stereocenters. The van der Waals surface area contributed by atoms with E-state index in [9.17, 15) is 0 Å². The number of nitrogens with two attached hydrogens (primary N) is 1. The third kappa shape index (κ3) is 4.80. The lowest BCUT2D eigenvalue weighted by Gasteiger charge is -2.20. The number of hydrogen-bond acceptors (Lipinski definition) is 7. The highest BCUT2D eigenvalue weighted by Gasteiger charge is 2.14. The molecule has 0 fully saturated rings. The molecule has 0 aliphatic heterocycles. The number of hydrazine groups is 1. The summed E-state index contributed by atoms with van der Waals surface area (Å²) in [4.78, 5) is 14.8. The number of ether oxygens (including phenoxy) is 1. The van der Waals surface area contributed by atoms with Crippen LogP contribution in [-0.2, 0) is 0 Å². The number of rotatable bonds is 8. The van der Waals surface area contributed by atoms with Gasteiger partial charge in [0.2, 0.25) is 11.9 Å². The lowest BCUT2D eigenvalue weighted by atomic mass is 10.1. The molecule has 0 saturated carbocycles. The Morgan fingerprint density at radius 2 is 1.80 bits per heavy atom. The molecule has 0 aliphatic rings. The second-order valence-corrected chi connectivity index (χ2v) is 5.12. The zero-order valence-electron chi connectivity index (χ0n) is 13.1. The first-order chi connectivity index (χ1) is 9.49. The maximum Gasteiger partial charge on any atom is 0.323 e. The molecule has 1 rings (SSSR count). The van der Waals surface area contributed by atoms with Gasteiger partial charge in [-0.3, -0.25) is 5.43 Å². The fraction of sp³-hybridized carbons (Fsp3) is 0.769. The van der Waals surface area contributed by atoms with Crippen molar-refractivity contribution >= 4 is 11.9 Å². The Morgan fingerprint density at radius 3 is 2.30 bits per heavy atom. The van der Waals surface area contributed by atoms with Gasteiger partial charge in [-0.15, -0.1) is 0 Å². The molecule has 7 heteroatoms. The molecule has 1 heterocycles. The molecule has 20 heavy (non-hydrogen) atoms. The number of nitrogen functional groups attached to an aromatic ring is 1. The largest absolute Gasteiger partial charge is 0.460 e. The van der Waals surface area contributed by atoms with Crippen LogP contribution in [0.2, 0.25) is 0 Å². The summed E-state index contributed by atoms with van der Waals surface area (Å²) in [6, 6.07) is 0.308.